The summed E-state index contributed by atoms with van der Waals surface area (Å²) in [7, 11) is 0. The van der Waals surface area contributed by atoms with Crippen LogP contribution in [-0.2, 0) is 13.0 Å². The number of halogens is 1. The zero-order valence-corrected chi connectivity index (χ0v) is 11.6. The van der Waals surface area contributed by atoms with E-state index in [4.69, 9.17) is 5.73 Å². The lowest BCUT2D eigenvalue weighted by Crippen LogP contribution is -2.34. The van der Waals surface area contributed by atoms with Crippen molar-refractivity contribution in [3.63, 3.8) is 0 Å². The van der Waals surface area contributed by atoms with Crippen molar-refractivity contribution in [3.8, 4) is 0 Å². The molecular formula is C17H19FN2. The van der Waals surface area contributed by atoms with E-state index in [-0.39, 0.29) is 11.9 Å². The predicted octanol–water partition coefficient (Wildman–Crippen LogP) is 3.76. The minimum Gasteiger partial charge on any atom is -0.336 e. The first-order chi connectivity index (χ1) is 9.72. The Hall–Kier alpha value is -1.87. The van der Waals surface area contributed by atoms with Crippen LogP contribution < -0.4 is 10.6 Å². The zero-order chi connectivity index (χ0) is 14.1. The Balaban J connectivity index is 2.19. The summed E-state index contributed by atoms with van der Waals surface area (Å²) in [5.74, 6) is -0.198. The summed E-state index contributed by atoms with van der Waals surface area (Å²) in [5, 5.41) is 0. The average Bonchev–Trinajstić information content (AvgIpc) is 2.48. The molecule has 1 aliphatic heterocycles. The SMILES string of the molecule is CC1CCc2ccccc2N1c1c(F)cccc1CN. The second-order valence-electron chi connectivity index (χ2n) is 5.34. The van der Waals surface area contributed by atoms with E-state index >= 15 is 0 Å². The standard InChI is InChI=1S/C17H19FN2/c1-12-9-10-13-5-2-3-8-16(13)20(12)17-14(11-19)6-4-7-15(17)18/h2-8,12H,9-11,19H2,1H3. The molecule has 0 fully saturated rings. The number of aryl methyl sites for hydroxylation is 1. The Morgan fingerprint density at radius 1 is 1.20 bits per heavy atom. The number of nitrogens with two attached hydrogens (primary N) is 1. The van der Waals surface area contributed by atoms with Crippen molar-refractivity contribution in [1.82, 2.24) is 0 Å². The van der Waals surface area contributed by atoms with Crippen molar-refractivity contribution >= 4 is 11.4 Å². The Morgan fingerprint density at radius 3 is 2.80 bits per heavy atom. The first-order valence-corrected chi connectivity index (χ1v) is 7.07. The fraction of sp³-hybridized carbons (Fsp3) is 0.294. The van der Waals surface area contributed by atoms with Gasteiger partial charge in [0.15, 0.2) is 0 Å². The number of hydrogen-bond donors (Lipinski definition) is 1. The molecule has 1 atom stereocenters. The van der Waals surface area contributed by atoms with E-state index in [1.807, 2.05) is 18.2 Å². The smallest absolute Gasteiger partial charge is 0.147 e. The highest BCUT2D eigenvalue weighted by Gasteiger charge is 2.27. The summed E-state index contributed by atoms with van der Waals surface area (Å²) in [6.45, 7) is 2.49. The molecule has 1 heterocycles. The number of para-hydroxylation sites is 2. The lowest BCUT2D eigenvalue weighted by Gasteiger charge is -2.38. The Labute approximate surface area is 119 Å². The summed E-state index contributed by atoms with van der Waals surface area (Å²) in [6.07, 6.45) is 2.07. The summed E-state index contributed by atoms with van der Waals surface area (Å²) < 4.78 is 14.4. The lowest BCUT2D eigenvalue weighted by atomic mass is 9.95. The maximum atomic E-state index is 14.4. The van der Waals surface area contributed by atoms with Gasteiger partial charge in [-0.3, -0.25) is 0 Å². The van der Waals surface area contributed by atoms with Gasteiger partial charge in [0.25, 0.3) is 0 Å². The van der Waals surface area contributed by atoms with Gasteiger partial charge in [0.05, 0.1) is 5.69 Å². The van der Waals surface area contributed by atoms with Crippen molar-refractivity contribution in [2.45, 2.75) is 32.4 Å². The number of nitrogens with zero attached hydrogens (tertiary/aromatic N) is 1. The molecule has 0 aromatic heterocycles. The van der Waals surface area contributed by atoms with E-state index in [9.17, 15) is 4.39 Å². The van der Waals surface area contributed by atoms with Gasteiger partial charge >= 0.3 is 0 Å². The van der Waals surface area contributed by atoms with Crippen LogP contribution in [-0.4, -0.2) is 6.04 Å². The molecule has 2 nitrogen and oxygen atoms in total. The van der Waals surface area contributed by atoms with Gasteiger partial charge in [-0.25, -0.2) is 4.39 Å². The van der Waals surface area contributed by atoms with Crippen molar-refractivity contribution in [1.29, 1.82) is 0 Å². The number of hydrogen-bond acceptors (Lipinski definition) is 2. The maximum absolute atomic E-state index is 14.4. The number of anilines is 2. The highest BCUT2D eigenvalue weighted by Crippen LogP contribution is 2.39. The molecule has 2 N–H and O–H groups in total. The van der Waals surface area contributed by atoms with Gasteiger partial charge in [0.1, 0.15) is 5.82 Å². The van der Waals surface area contributed by atoms with Crippen LogP contribution in [0.15, 0.2) is 42.5 Å². The molecule has 0 radical (unpaired) electrons. The molecule has 0 saturated carbocycles. The number of fused-ring (bicyclic) bond motifs is 1. The monoisotopic (exact) mass is 270 g/mol. The van der Waals surface area contributed by atoms with E-state index in [1.54, 1.807) is 6.07 Å². The molecule has 0 aliphatic carbocycles. The van der Waals surface area contributed by atoms with Crippen LogP contribution in [0.2, 0.25) is 0 Å². The molecular weight excluding hydrogens is 251 g/mol. The third kappa shape index (κ3) is 2.08. The normalized spacial score (nSPS) is 17.9. The highest BCUT2D eigenvalue weighted by molar-refractivity contribution is 5.71. The average molecular weight is 270 g/mol. The number of benzene rings is 2. The Kier molecular flexibility index (Phi) is 3.45. The van der Waals surface area contributed by atoms with Crippen LogP contribution in [0, 0.1) is 5.82 Å². The van der Waals surface area contributed by atoms with Gasteiger partial charge in [-0.1, -0.05) is 30.3 Å². The maximum Gasteiger partial charge on any atom is 0.147 e. The topological polar surface area (TPSA) is 29.3 Å². The molecule has 2 aromatic carbocycles. The Bertz CT molecular complexity index is 624. The molecule has 0 spiro atoms. The van der Waals surface area contributed by atoms with Crippen LogP contribution >= 0.6 is 0 Å². The van der Waals surface area contributed by atoms with Gasteiger partial charge in [-0.05, 0) is 43.0 Å². The van der Waals surface area contributed by atoms with Crippen molar-refractivity contribution < 1.29 is 4.39 Å². The second kappa shape index (κ2) is 5.25. The molecule has 0 bridgehead atoms. The van der Waals surface area contributed by atoms with Crippen molar-refractivity contribution in [3.05, 3.63) is 59.4 Å². The lowest BCUT2D eigenvalue weighted by molar-refractivity contribution is 0.581. The van der Waals surface area contributed by atoms with Gasteiger partial charge < -0.3 is 10.6 Å². The fourth-order valence-corrected chi connectivity index (χ4v) is 3.02. The molecule has 3 heteroatoms. The van der Waals surface area contributed by atoms with Gasteiger partial charge in [-0.15, -0.1) is 0 Å². The van der Waals surface area contributed by atoms with Crippen LogP contribution in [0.25, 0.3) is 0 Å². The van der Waals surface area contributed by atoms with Gasteiger partial charge in [-0.2, -0.15) is 0 Å². The third-order valence-electron chi connectivity index (χ3n) is 4.05. The fourth-order valence-electron chi connectivity index (χ4n) is 3.02. The van der Waals surface area contributed by atoms with E-state index in [2.05, 4.69) is 24.0 Å². The summed E-state index contributed by atoms with van der Waals surface area (Å²) in [4.78, 5) is 2.11. The highest BCUT2D eigenvalue weighted by atomic mass is 19.1. The second-order valence-corrected chi connectivity index (χ2v) is 5.34. The van der Waals surface area contributed by atoms with Gasteiger partial charge in [0.2, 0.25) is 0 Å². The minimum absolute atomic E-state index is 0.198. The zero-order valence-electron chi connectivity index (χ0n) is 11.6. The predicted molar refractivity (Wildman–Crippen MR) is 80.7 cm³/mol. The van der Waals surface area contributed by atoms with Gasteiger partial charge in [0, 0.05) is 18.3 Å². The minimum atomic E-state index is -0.198. The molecule has 1 aliphatic rings. The third-order valence-corrected chi connectivity index (χ3v) is 4.05. The van der Waals surface area contributed by atoms with Crippen LogP contribution in [0.4, 0.5) is 15.8 Å². The first kappa shape index (κ1) is 13.1. The molecule has 0 saturated heterocycles. The number of rotatable bonds is 2. The Morgan fingerprint density at radius 2 is 2.00 bits per heavy atom. The summed E-state index contributed by atoms with van der Waals surface area (Å²) >= 11 is 0. The molecule has 1 unspecified atom stereocenters. The van der Waals surface area contributed by atoms with E-state index in [0.29, 0.717) is 12.2 Å². The van der Waals surface area contributed by atoms with Crippen molar-refractivity contribution in [2.24, 2.45) is 5.73 Å². The molecule has 2 aromatic rings. The largest absolute Gasteiger partial charge is 0.336 e. The van der Waals surface area contributed by atoms with E-state index < -0.39 is 0 Å². The molecule has 104 valence electrons. The molecule has 20 heavy (non-hydrogen) atoms. The summed E-state index contributed by atoms with van der Waals surface area (Å²) in [5.41, 5.74) is 9.67. The van der Waals surface area contributed by atoms with E-state index in [1.165, 1.54) is 11.6 Å². The molecule has 0 amide bonds. The molecule has 3 rings (SSSR count). The first-order valence-electron chi connectivity index (χ1n) is 7.07. The van der Waals surface area contributed by atoms with Crippen molar-refractivity contribution in [2.75, 3.05) is 4.90 Å². The van der Waals surface area contributed by atoms with Crippen LogP contribution in [0.1, 0.15) is 24.5 Å². The van der Waals surface area contributed by atoms with Crippen LogP contribution in [0.5, 0.6) is 0 Å². The van der Waals surface area contributed by atoms with Crippen LogP contribution in [0.3, 0.4) is 0 Å². The van der Waals surface area contributed by atoms with E-state index in [0.717, 1.165) is 24.1 Å². The quantitative estimate of drug-likeness (QED) is 0.900. The summed E-state index contributed by atoms with van der Waals surface area (Å²) in [6, 6.07) is 13.6.